The van der Waals surface area contributed by atoms with Crippen molar-refractivity contribution >= 4 is 0 Å². The van der Waals surface area contributed by atoms with Crippen molar-refractivity contribution in [2.45, 2.75) is 57.8 Å². The minimum atomic E-state index is -0.137. The second-order valence-corrected chi connectivity index (χ2v) is 5.52. The third kappa shape index (κ3) is 2.35. The van der Waals surface area contributed by atoms with Gasteiger partial charge in [0, 0.05) is 24.6 Å². The van der Waals surface area contributed by atoms with Crippen molar-refractivity contribution in [1.29, 1.82) is 0 Å². The fourth-order valence-electron chi connectivity index (χ4n) is 2.49. The SMILES string of the molecule is CC1(C)C(O)CC1NCC1CCCCO1. The quantitative estimate of drug-likeness (QED) is 0.742. The van der Waals surface area contributed by atoms with Gasteiger partial charge in [0.05, 0.1) is 12.2 Å². The number of hydrogen-bond donors (Lipinski definition) is 2. The molecule has 0 radical (unpaired) electrons. The van der Waals surface area contributed by atoms with E-state index in [1.807, 2.05) is 0 Å². The molecule has 2 rings (SSSR count). The summed E-state index contributed by atoms with van der Waals surface area (Å²) in [5.41, 5.74) is 0.0364. The number of rotatable bonds is 3. The monoisotopic (exact) mass is 213 g/mol. The van der Waals surface area contributed by atoms with Crippen molar-refractivity contribution < 1.29 is 9.84 Å². The summed E-state index contributed by atoms with van der Waals surface area (Å²) in [4.78, 5) is 0. The van der Waals surface area contributed by atoms with Gasteiger partial charge in [-0.1, -0.05) is 13.8 Å². The highest BCUT2D eigenvalue weighted by Crippen LogP contribution is 2.40. The number of aliphatic hydroxyl groups excluding tert-OH is 1. The van der Waals surface area contributed by atoms with Crippen LogP contribution in [0.25, 0.3) is 0 Å². The van der Waals surface area contributed by atoms with Crippen molar-refractivity contribution in [3.05, 3.63) is 0 Å². The average molecular weight is 213 g/mol. The summed E-state index contributed by atoms with van der Waals surface area (Å²) in [5.74, 6) is 0. The molecule has 0 bridgehead atoms. The highest BCUT2D eigenvalue weighted by molar-refractivity contribution is 5.01. The predicted octanol–water partition coefficient (Wildman–Crippen LogP) is 1.30. The van der Waals surface area contributed by atoms with E-state index in [0.29, 0.717) is 12.1 Å². The van der Waals surface area contributed by atoms with E-state index in [4.69, 9.17) is 4.74 Å². The number of nitrogens with one attached hydrogen (secondary N) is 1. The van der Waals surface area contributed by atoms with Crippen LogP contribution in [-0.4, -0.2) is 36.5 Å². The maximum Gasteiger partial charge on any atom is 0.0699 e. The molecule has 1 saturated heterocycles. The minimum absolute atomic E-state index is 0.0364. The van der Waals surface area contributed by atoms with Crippen molar-refractivity contribution in [2.75, 3.05) is 13.2 Å². The van der Waals surface area contributed by atoms with Gasteiger partial charge < -0.3 is 15.2 Å². The van der Waals surface area contributed by atoms with Gasteiger partial charge in [-0.2, -0.15) is 0 Å². The van der Waals surface area contributed by atoms with Crippen molar-refractivity contribution in [3.63, 3.8) is 0 Å². The van der Waals surface area contributed by atoms with Crippen LogP contribution < -0.4 is 5.32 Å². The molecule has 0 spiro atoms. The van der Waals surface area contributed by atoms with Gasteiger partial charge >= 0.3 is 0 Å². The minimum Gasteiger partial charge on any atom is -0.392 e. The first-order chi connectivity index (χ1) is 7.10. The second-order valence-electron chi connectivity index (χ2n) is 5.52. The summed E-state index contributed by atoms with van der Waals surface area (Å²) in [7, 11) is 0. The molecule has 2 N–H and O–H groups in total. The third-order valence-electron chi connectivity index (χ3n) is 4.08. The lowest BCUT2D eigenvalue weighted by atomic mass is 9.64. The Bertz CT molecular complexity index is 212. The molecule has 0 aromatic heterocycles. The highest BCUT2D eigenvalue weighted by atomic mass is 16.5. The lowest BCUT2D eigenvalue weighted by Gasteiger charge is -2.50. The smallest absolute Gasteiger partial charge is 0.0699 e. The van der Waals surface area contributed by atoms with Gasteiger partial charge in [0.25, 0.3) is 0 Å². The second kappa shape index (κ2) is 4.40. The van der Waals surface area contributed by atoms with Crippen LogP contribution in [0.1, 0.15) is 39.5 Å². The largest absolute Gasteiger partial charge is 0.392 e. The summed E-state index contributed by atoms with van der Waals surface area (Å²) in [6.07, 6.45) is 4.84. The Morgan fingerprint density at radius 3 is 2.73 bits per heavy atom. The van der Waals surface area contributed by atoms with Crippen LogP contribution in [-0.2, 0) is 4.74 Å². The molecule has 3 nitrogen and oxygen atoms in total. The van der Waals surface area contributed by atoms with Gasteiger partial charge in [-0.15, -0.1) is 0 Å². The Morgan fingerprint density at radius 2 is 2.20 bits per heavy atom. The molecule has 0 amide bonds. The van der Waals surface area contributed by atoms with Crippen LogP contribution in [0.2, 0.25) is 0 Å². The van der Waals surface area contributed by atoms with E-state index in [1.165, 1.54) is 19.3 Å². The molecule has 0 aromatic rings. The molecule has 1 heterocycles. The van der Waals surface area contributed by atoms with E-state index in [9.17, 15) is 5.11 Å². The summed E-state index contributed by atoms with van der Waals surface area (Å²) in [5, 5.41) is 13.1. The van der Waals surface area contributed by atoms with E-state index in [1.54, 1.807) is 0 Å². The van der Waals surface area contributed by atoms with Gasteiger partial charge in [-0.3, -0.25) is 0 Å². The van der Waals surface area contributed by atoms with E-state index in [2.05, 4.69) is 19.2 Å². The summed E-state index contributed by atoms with van der Waals surface area (Å²) < 4.78 is 5.67. The number of hydrogen-bond acceptors (Lipinski definition) is 3. The Balaban J connectivity index is 1.70. The zero-order valence-electron chi connectivity index (χ0n) is 9.83. The molecule has 1 aliphatic carbocycles. The molecule has 88 valence electrons. The summed E-state index contributed by atoms with van der Waals surface area (Å²) in [6, 6.07) is 0.457. The van der Waals surface area contributed by atoms with Crippen LogP contribution in [0.15, 0.2) is 0 Å². The van der Waals surface area contributed by atoms with Crippen LogP contribution in [0.5, 0.6) is 0 Å². The average Bonchev–Trinajstić information content (AvgIpc) is 2.25. The maximum absolute atomic E-state index is 9.61. The van der Waals surface area contributed by atoms with Crippen molar-refractivity contribution in [2.24, 2.45) is 5.41 Å². The zero-order valence-corrected chi connectivity index (χ0v) is 9.83. The molecule has 2 fully saturated rings. The summed E-state index contributed by atoms with van der Waals surface area (Å²) >= 11 is 0. The first-order valence-corrected chi connectivity index (χ1v) is 6.14. The van der Waals surface area contributed by atoms with E-state index < -0.39 is 0 Å². The Labute approximate surface area is 92.2 Å². The van der Waals surface area contributed by atoms with E-state index >= 15 is 0 Å². The number of ether oxygens (including phenoxy) is 1. The lowest BCUT2D eigenvalue weighted by molar-refractivity contribution is -0.0785. The number of aliphatic hydroxyl groups is 1. The maximum atomic E-state index is 9.61. The third-order valence-corrected chi connectivity index (χ3v) is 4.08. The fourth-order valence-corrected chi connectivity index (χ4v) is 2.49. The van der Waals surface area contributed by atoms with Crippen LogP contribution in [0, 0.1) is 5.41 Å². The Morgan fingerprint density at radius 1 is 1.40 bits per heavy atom. The summed E-state index contributed by atoms with van der Waals surface area (Å²) in [6.45, 7) is 6.12. The fraction of sp³-hybridized carbons (Fsp3) is 1.00. The molecule has 3 unspecified atom stereocenters. The van der Waals surface area contributed by atoms with E-state index in [-0.39, 0.29) is 11.5 Å². The van der Waals surface area contributed by atoms with Gasteiger partial charge in [0.1, 0.15) is 0 Å². The van der Waals surface area contributed by atoms with Gasteiger partial charge in [-0.05, 0) is 25.7 Å². The molecule has 15 heavy (non-hydrogen) atoms. The van der Waals surface area contributed by atoms with Gasteiger partial charge in [-0.25, -0.2) is 0 Å². The topological polar surface area (TPSA) is 41.5 Å². The van der Waals surface area contributed by atoms with Crippen LogP contribution in [0.4, 0.5) is 0 Å². The standard InChI is InChI=1S/C12H23NO2/c1-12(2)10(7-11(12)14)13-8-9-5-3-4-6-15-9/h9-11,13-14H,3-8H2,1-2H3. The van der Waals surface area contributed by atoms with E-state index in [0.717, 1.165) is 19.6 Å². The normalized spacial score (nSPS) is 39.8. The lowest BCUT2D eigenvalue weighted by Crippen LogP contribution is -2.61. The molecular formula is C12H23NO2. The Kier molecular flexibility index (Phi) is 3.33. The van der Waals surface area contributed by atoms with Crippen molar-refractivity contribution in [3.8, 4) is 0 Å². The molecule has 1 saturated carbocycles. The van der Waals surface area contributed by atoms with Crippen LogP contribution >= 0.6 is 0 Å². The van der Waals surface area contributed by atoms with Gasteiger partial charge in [0.15, 0.2) is 0 Å². The van der Waals surface area contributed by atoms with Gasteiger partial charge in [0.2, 0.25) is 0 Å². The molecule has 0 aromatic carbocycles. The van der Waals surface area contributed by atoms with Crippen molar-refractivity contribution in [1.82, 2.24) is 5.32 Å². The molecule has 1 aliphatic heterocycles. The molecule has 3 atom stereocenters. The Hall–Kier alpha value is -0.120. The predicted molar refractivity (Wildman–Crippen MR) is 59.8 cm³/mol. The molecule has 3 heteroatoms. The first kappa shape index (κ1) is 11.4. The highest BCUT2D eigenvalue weighted by Gasteiger charge is 2.46. The molecule has 2 aliphatic rings. The zero-order chi connectivity index (χ0) is 10.9. The first-order valence-electron chi connectivity index (χ1n) is 6.14. The van der Waals surface area contributed by atoms with Crippen LogP contribution in [0.3, 0.4) is 0 Å². The molecular weight excluding hydrogens is 190 g/mol.